The lowest BCUT2D eigenvalue weighted by molar-refractivity contribution is -0.0885. The number of Topliss-reactive ketones (excluding diaryl/α,β-unsaturated/α-hetero) is 1. The lowest BCUT2D eigenvalue weighted by Gasteiger charge is -2.01. The molecular formula is C8H8F3NO. The van der Waals surface area contributed by atoms with E-state index in [4.69, 9.17) is 0 Å². The van der Waals surface area contributed by atoms with Crippen LogP contribution in [-0.4, -0.2) is 16.5 Å². The van der Waals surface area contributed by atoms with Gasteiger partial charge in [0.05, 0.1) is 0 Å². The van der Waals surface area contributed by atoms with E-state index in [1.165, 1.54) is 23.0 Å². The molecule has 1 heterocycles. The molecule has 0 saturated carbocycles. The van der Waals surface area contributed by atoms with Gasteiger partial charge in [-0.15, -0.1) is 0 Å². The quantitative estimate of drug-likeness (QED) is 0.657. The fraction of sp³-hybridized carbons (Fsp3) is 0.375. The zero-order valence-electron chi connectivity index (χ0n) is 6.93. The standard InChI is InChI=1S/C8H8F3NO/c1-2-12-4-3-6(5-12)7(13)8(9,10)11/h3-5H,2H2,1H3. The third-order valence-electron chi connectivity index (χ3n) is 1.64. The summed E-state index contributed by atoms with van der Waals surface area (Å²) in [4.78, 5) is 10.7. The van der Waals surface area contributed by atoms with Crippen LogP contribution in [0.3, 0.4) is 0 Å². The second kappa shape index (κ2) is 3.24. The number of alkyl halides is 3. The van der Waals surface area contributed by atoms with Crippen LogP contribution in [-0.2, 0) is 6.54 Å². The first-order chi connectivity index (χ1) is 5.95. The van der Waals surface area contributed by atoms with E-state index >= 15 is 0 Å². The highest BCUT2D eigenvalue weighted by molar-refractivity contribution is 6.00. The predicted molar refractivity (Wildman–Crippen MR) is 40.5 cm³/mol. The molecule has 0 fully saturated rings. The van der Waals surface area contributed by atoms with Gasteiger partial charge < -0.3 is 4.57 Å². The zero-order valence-corrected chi connectivity index (χ0v) is 6.93. The van der Waals surface area contributed by atoms with E-state index in [1.54, 1.807) is 6.92 Å². The van der Waals surface area contributed by atoms with Crippen LogP contribution < -0.4 is 0 Å². The van der Waals surface area contributed by atoms with Crippen molar-refractivity contribution in [3.63, 3.8) is 0 Å². The Morgan fingerprint density at radius 1 is 1.54 bits per heavy atom. The van der Waals surface area contributed by atoms with Crippen LogP contribution >= 0.6 is 0 Å². The monoisotopic (exact) mass is 191 g/mol. The van der Waals surface area contributed by atoms with Gasteiger partial charge >= 0.3 is 6.18 Å². The molecule has 1 aromatic rings. The first-order valence-corrected chi connectivity index (χ1v) is 3.72. The molecule has 0 spiro atoms. The van der Waals surface area contributed by atoms with Crippen molar-refractivity contribution in [1.29, 1.82) is 0 Å². The number of carbonyl (C=O) groups excluding carboxylic acids is 1. The van der Waals surface area contributed by atoms with E-state index in [-0.39, 0.29) is 5.56 Å². The normalized spacial score (nSPS) is 11.7. The lowest BCUT2D eigenvalue weighted by atomic mass is 10.2. The van der Waals surface area contributed by atoms with Gasteiger partial charge in [0, 0.05) is 24.5 Å². The molecule has 0 N–H and O–H groups in total. The summed E-state index contributed by atoms with van der Waals surface area (Å²) in [5.41, 5.74) is -0.311. The van der Waals surface area contributed by atoms with Gasteiger partial charge in [-0.1, -0.05) is 0 Å². The number of hydrogen-bond acceptors (Lipinski definition) is 1. The van der Waals surface area contributed by atoms with Crippen LogP contribution in [0.25, 0.3) is 0 Å². The van der Waals surface area contributed by atoms with E-state index < -0.39 is 12.0 Å². The van der Waals surface area contributed by atoms with Crippen molar-refractivity contribution in [3.8, 4) is 0 Å². The average molecular weight is 191 g/mol. The molecule has 72 valence electrons. The smallest absolute Gasteiger partial charge is 0.354 e. The summed E-state index contributed by atoms with van der Waals surface area (Å²) < 4.78 is 37.2. The third kappa shape index (κ3) is 2.11. The van der Waals surface area contributed by atoms with Gasteiger partial charge in [0.15, 0.2) is 0 Å². The number of ketones is 1. The first-order valence-electron chi connectivity index (χ1n) is 3.72. The fourth-order valence-electron chi connectivity index (χ4n) is 0.935. The number of halogens is 3. The summed E-state index contributed by atoms with van der Waals surface area (Å²) in [6, 6.07) is 1.17. The van der Waals surface area contributed by atoms with Crippen molar-refractivity contribution in [2.45, 2.75) is 19.6 Å². The van der Waals surface area contributed by atoms with Gasteiger partial charge in [-0.05, 0) is 13.0 Å². The molecule has 0 radical (unpaired) electrons. The maximum Gasteiger partial charge on any atom is 0.454 e. The summed E-state index contributed by atoms with van der Waals surface area (Å²) >= 11 is 0. The summed E-state index contributed by atoms with van der Waals surface area (Å²) in [7, 11) is 0. The molecule has 0 atom stereocenters. The van der Waals surface area contributed by atoms with Crippen molar-refractivity contribution in [2.24, 2.45) is 0 Å². The molecule has 0 saturated heterocycles. The van der Waals surface area contributed by atoms with Crippen molar-refractivity contribution in [2.75, 3.05) is 0 Å². The number of carbonyl (C=O) groups is 1. The van der Waals surface area contributed by atoms with Crippen LogP contribution in [0.2, 0.25) is 0 Å². The molecule has 2 nitrogen and oxygen atoms in total. The van der Waals surface area contributed by atoms with E-state index in [2.05, 4.69) is 0 Å². The van der Waals surface area contributed by atoms with Gasteiger partial charge in [-0.3, -0.25) is 4.79 Å². The van der Waals surface area contributed by atoms with Crippen molar-refractivity contribution >= 4 is 5.78 Å². The highest BCUT2D eigenvalue weighted by atomic mass is 19.4. The Kier molecular flexibility index (Phi) is 2.45. The Balaban J connectivity index is 2.90. The Labute approximate surface area is 73.0 Å². The van der Waals surface area contributed by atoms with E-state index in [0.29, 0.717) is 6.54 Å². The second-order valence-corrected chi connectivity index (χ2v) is 2.56. The largest absolute Gasteiger partial charge is 0.454 e. The summed E-state index contributed by atoms with van der Waals surface area (Å²) in [6.45, 7) is 2.33. The number of hydrogen-bond donors (Lipinski definition) is 0. The van der Waals surface area contributed by atoms with Gasteiger partial charge in [-0.25, -0.2) is 0 Å². The molecular weight excluding hydrogens is 183 g/mol. The highest BCUT2D eigenvalue weighted by Gasteiger charge is 2.39. The topological polar surface area (TPSA) is 22.0 Å². The molecule has 0 unspecified atom stereocenters. The maximum atomic E-state index is 11.9. The van der Waals surface area contributed by atoms with Crippen LogP contribution in [0, 0.1) is 0 Å². The molecule has 1 aromatic heterocycles. The lowest BCUT2D eigenvalue weighted by Crippen LogP contribution is -2.22. The molecule has 0 aliphatic heterocycles. The Morgan fingerprint density at radius 3 is 2.54 bits per heavy atom. The summed E-state index contributed by atoms with van der Waals surface area (Å²) in [5, 5.41) is 0. The van der Waals surface area contributed by atoms with E-state index in [0.717, 1.165) is 0 Å². The van der Waals surface area contributed by atoms with Crippen LogP contribution in [0.4, 0.5) is 13.2 Å². The number of rotatable bonds is 2. The second-order valence-electron chi connectivity index (χ2n) is 2.56. The minimum Gasteiger partial charge on any atom is -0.354 e. The molecule has 0 bridgehead atoms. The maximum absolute atomic E-state index is 11.9. The van der Waals surface area contributed by atoms with Crippen LogP contribution in [0.1, 0.15) is 17.3 Å². The minimum atomic E-state index is -4.78. The van der Waals surface area contributed by atoms with Crippen LogP contribution in [0.5, 0.6) is 0 Å². The molecule has 13 heavy (non-hydrogen) atoms. The first kappa shape index (κ1) is 9.83. The van der Waals surface area contributed by atoms with E-state index in [9.17, 15) is 18.0 Å². The van der Waals surface area contributed by atoms with Gasteiger partial charge in [0.1, 0.15) is 0 Å². The fourth-order valence-corrected chi connectivity index (χ4v) is 0.935. The van der Waals surface area contributed by atoms with Crippen molar-refractivity contribution in [3.05, 3.63) is 24.0 Å². The summed E-state index contributed by atoms with van der Waals surface area (Å²) in [5.74, 6) is -1.79. The Hall–Kier alpha value is -1.26. The molecule has 1 rings (SSSR count). The highest BCUT2D eigenvalue weighted by Crippen LogP contribution is 2.21. The van der Waals surface area contributed by atoms with Gasteiger partial charge in [0.25, 0.3) is 5.78 Å². The minimum absolute atomic E-state index is 0.311. The van der Waals surface area contributed by atoms with Crippen LogP contribution in [0.15, 0.2) is 18.5 Å². The molecule has 5 heteroatoms. The Bertz CT molecular complexity index is 313. The van der Waals surface area contributed by atoms with E-state index in [1.807, 2.05) is 0 Å². The molecule has 0 aliphatic rings. The van der Waals surface area contributed by atoms with Crippen molar-refractivity contribution in [1.82, 2.24) is 4.57 Å². The number of aromatic nitrogens is 1. The number of aryl methyl sites for hydroxylation is 1. The number of nitrogens with zero attached hydrogens (tertiary/aromatic N) is 1. The van der Waals surface area contributed by atoms with Crippen molar-refractivity contribution < 1.29 is 18.0 Å². The average Bonchev–Trinajstić information content (AvgIpc) is 2.48. The summed E-state index contributed by atoms with van der Waals surface area (Å²) in [6.07, 6.45) is -2.14. The SMILES string of the molecule is CCn1ccc(C(=O)C(F)(F)F)c1. The predicted octanol–water partition coefficient (Wildman–Crippen LogP) is 2.25. The zero-order chi connectivity index (χ0) is 10.1. The molecule has 0 aromatic carbocycles. The molecule has 0 aliphatic carbocycles. The Morgan fingerprint density at radius 2 is 2.15 bits per heavy atom. The van der Waals surface area contributed by atoms with Gasteiger partial charge in [0.2, 0.25) is 0 Å². The van der Waals surface area contributed by atoms with Gasteiger partial charge in [-0.2, -0.15) is 13.2 Å². The third-order valence-corrected chi connectivity index (χ3v) is 1.64. The molecule has 0 amide bonds.